The van der Waals surface area contributed by atoms with E-state index >= 15 is 0 Å². The molecule has 2 aromatic rings. The van der Waals surface area contributed by atoms with E-state index in [4.69, 9.17) is 37.4 Å². The van der Waals surface area contributed by atoms with Crippen molar-refractivity contribution >= 4 is 28.9 Å². The van der Waals surface area contributed by atoms with Crippen molar-refractivity contribution < 1.29 is 24.2 Å². The van der Waals surface area contributed by atoms with E-state index in [-0.39, 0.29) is 17.9 Å². The third-order valence-electron chi connectivity index (χ3n) is 3.47. The Bertz CT molecular complexity index is 779. The molecule has 0 amide bonds. The number of nitro benzene ring substituents is 1. The Morgan fingerprint density at radius 2 is 1.88 bits per heavy atom. The average Bonchev–Trinajstić information content (AvgIpc) is 2.60. The second-order valence-electron chi connectivity index (χ2n) is 4.92. The van der Waals surface area contributed by atoms with Crippen LogP contribution in [0.5, 0.6) is 5.75 Å². The van der Waals surface area contributed by atoms with Crippen LogP contribution in [0.4, 0.5) is 5.69 Å². The predicted molar refractivity (Wildman–Crippen MR) is 91.8 cm³/mol. The Labute approximate surface area is 153 Å². The minimum Gasteiger partial charge on any atom is -0.488 e. The van der Waals surface area contributed by atoms with Crippen molar-refractivity contribution in [3.05, 3.63) is 67.7 Å². The fourth-order valence-electron chi connectivity index (χ4n) is 2.19. The molecule has 2 aromatic carbocycles. The third-order valence-corrected chi connectivity index (χ3v) is 4.06. The summed E-state index contributed by atoms with van der Waals surface area (Å²) in [6, 6.07) is 8.94. The van der Waals surface area contributed by atoms with Gasteiger partial charge in [0.2, 0.25) is 0 Å². The predicted octanol–water partition coefficient (Wildman–Crippen LogP) is 3.88. The van der Waals surface area contributed by atoms with Crippen molar-refractivity contribution in [2.75, 3.05) is 14.2 Å². The van der Waals surface area contributed by atoms with Crippen LogP contribution in [-0.2, 0) is 22.1 Å². The van der Waals surface area contributed by atoms with Gasteiger partial charge in [0.15, 0.2) is 5.56 Å². The lowest BCUT2D eigenvalue weighted by atomic mass is 10.1. The Hall–Kier alpha value is -1.90. The monoisotopic (exact) mass is 387 g/mol. The van der Waals surface area contributed by atoms with Gasteiger partial charge < -0.3 is 19.3 Å². The van der Waals surface area contributed by atoms with Crippen LogP contribution in [0, 0.1) is 10.1 Å². The number of methoxy groups -OCH3 is 2. The van der Waals surface area contributed by atoms with Crippen LogP contribution in [-0.4, -0.2) is 24.2 Å². The lowest BCUT2D eigenvalue weighted by Gasteiger charge is -2.26. The number of nitrogens with zero attached hydrogens (tertiary/aromatic N) is 1. The third kappa shape index (κ3) is 4.20. The summed E-state index contributed by atoms with van der Waals surface area (Å²) in [5, 5.41) is 22.6. The van der Waals surface area contributed by atoms with Crippen molar-refractivity contribution in [3.63, 3.8) is 0 Å². The molecule has 7 nitrogen and oxygen atoms in total. The highest BCUT2D eigenvalue weighted by molar-refractivity contribution is 6.35. The molecule has 0 bridgehead atoms. The lowest BCUT2D eigenvalue weighted by molar-refractivity contribution is -0.399. The normalized spacial score (nSPS) is 11.4. The standard InChI is InChI=1S/C16H15Cl2NO6/c1-23-16(20,24-2)15-13(19(21)22)4-3-5-14(15)25-9-10-6-7-11(17)8-12(10)18/h3-8,20H,9H2,1-2H3. The maximum atomic E-state index is 11.3. The lowest BCUT2D eigenvalue weighted by Crippen LogP contribution is -2.31. The van der Waals surface area contributed by atoms with E-state index in [9.17, 15) is 15.2 Å². The van der Waals surface area contributed by atoms with E-state index in [0.717, 1.165) is 14.2 Å². The van der Waals surface area contributed by atoms with Crippen molar-refractivity contribution in [3.8, 4) is 5.75 Å². The van der Waals surface area contributed by atoms with Gasteiger partial charge >= 0.3 is 5.97 Å². The van der Waals surface area contributed by atoms with Gasteiger partial charge in [-0.2, -0.15) is 0 Å². The zero-order chi connectivity index (χ0) is 18.6. The Morgan fingerprint density at radius 1 is 1.20 bits per heavy atom. The maximum absolute atomic E-state index is 11.3. The Morgan fingerprint density at radius 3 is 2.44 bits per heavy atom. The molecule has 0 heterocycles. The summed E-state index contributed by atoms with van der Waals surface area (Å²) in [7, 11) is 2.31. The average molecular weight is 388 g/mol. The van der Waals surface area contributed by atoms with Crippen molar-refractivity contribution in [1.82, 2.24) is 0 Å². The highest BCUT2D eigenvalue weighted by Gasteiger charge is 2.40. The quantitative estimate of drug-likeness (QED) is 0.440. The molecule has 0 aliphatic rings. The van der Waals surface area contributed by atoms with Gasteiger partial charge in [-0.15, -0.1) is 0 Å². The van der Waals surface area contributed by atoms with E-state index in [0.29, 0.717) is 15.6 Å². The van der Waals surface area contributed by atoms with E-state index in [1.54, 1.807) is 18.2 Å². The first kappa shape index (κ1) is 19.4. The summed E-state index contributed by atoms with van der Waals surface area (Å²) in [6.45, 7) is -0.00627. The molecule has 0 radical (unpaired) electrons. The van der Waals surface area contributed by atoms with E-state index in [1.165, 1.54) is 18.2 Å². The van der Waals surface area contributed by atoms with E-state index in [2.05, 4.69) is 0 Å². The fraction of sp³-hybridized carbons (Fsp3) is 0.250. The van der Waals surface area contributed by atoms with Gasteiger partial charge in [-0.05, 0) is 18.2 Å². The largest absolute Gasteiger partial charge is 0.488 e. The van der Waals surface area contributed by atoms with Crippen LogP contribution in [0.25, 0.3) is 0 Å². The van der Waals surface area contributed by atoms with Crippen LogP contribution in [0.1, 0.15) is 11.1 Å². The van der Waals surface area contributed by atoms with Crippen LogP contribution in [0.3, 0.4) is 0 Å². The smallest absolute Gasteiger partial charge is 0.319 e. The highest BCUT2D eigenvalue weighted by Crippen LogP contribution is 2.39. The molecule has 0 saturated carbocycles. The number of aliphatic hydroxyl groups is 1. The van der Waals surface area contributed by atoms with Gasteiger partial charge in [0, 0.05) is 35.9 Å². The van der Waals surface area contributed by atoms with Gasteiger partial charge in [-0.3, -0.25) is 10.1 Å². The SMILES string of the molecule is COC(O)(OC)c1c(OCc2ccc(Cl)cc2Cl)cccc1[N+](=O)[O-]. The molecule has 0 saturated heterocycles. The van der Waals surface area contributed by atoms with Crippen LogP contribution >= 0.6 is 23.2 Å². The molecule has 2 rings (SSSR count). The maximum Gasteiger partial charge on any atom is 0.319 e. The molecule has 0 spiro atoms. The van der Waals surface area contributed by atoms with Crippen LogP contribution in [0.15, 0.2) is 36.4 Å². The molecular formula is C16H15Cl2NO6. The number of halogens is 2. The second kappa shape index (κ2) is 7.99. The number of ether oxygens (including phenoxy) is 3. The zero-order valence-electron chi connectivity index (χ0n) is 13.4. The summed E-state index contributed by atoms with van der Waals surface area (Å²) in [6.07, 6.45) is 0. The van der Waals surface area contributed by atoms with E-state index in [1.807, 2.05) is 0 Å². The molecule has 1 N–H and O–H groups in total. The molecule has 25 heavy (non-hydrogen) atoms. The minimum absolute atomic E-state index is 0.00627. The first-order valence-electron chi connectivity index (χ1n) is 6.99. The molecule has 0 unspecified atom stereocenters. The molecular weight excluding hydrogens is 373 g/mol. The summed E-state index contributed by atoms with van der Waals surface area (Å²) in [5.41, 5.74) is -0.0529. The summed E-state index contributed by atoms with van der Waals surface area (Å²) in [5.74, 6) is -2.32. The highest BCUT2D eigenvalue weighted by atomic mass is 35.5. The molecule has 9 heteroatoms. The fourth-order valence-corrected chi connectivity index (χ4v) is 2.65. The van der Waals surface area contributed by atoms with Crippen molar-refractivity contribution in [1.29, 1.82) is 0 Å². The topological polar surface area (TPSA) is 91.1 Å². The second-order valence-corrected chi connectivity index (χ2v) is 5.77. The van der Waals surface area contributed by atoms with Crippen LogP contribution < -0.4 is 4.74 Å². The van der Waals surface area contributed by atoms with Gasteiger partial charge in [-0.25, -0.2) is 0 Å². The number of benzene rings is 2. The zero-order valence-corrected chi connectivity index (χ0v) is 14.9. The number of nitro groups is 1. The van der Waals surface area contributed by atoms with Gasteiger partial charge in [-0.1, -0.05) is 35.3 Å². The van der Waals surface area contributed by atoms with Crippen molar-refractivity contribution in [2.45, 2.75) is 12.6 Å². The molecule has 134 valence electrons. The van der Waals surface area contributed by atoms with Crippen molar-refractivity contribution in [2.24, 2.45) is 0 Å². The summed E-state index contributed by atoms with van der Waals surface area (Å²) in [4.78, 5) is 10.6. The van der Waals surface area contributed by atoms with Gasteiger partial charge in [0.25, 0.3) is 5.69 Å². The Balaban J connectivity index is 2.43. The molecule has 0 atom stereocenters. The van der Waals surface area contributed by atoms with Gasteiger partial charge in [0.1, 0.15) is 12.4 Å². The minimum atomic E-state index is -2.34. The van der Waals surface area contributed by atoms with Gasteiger partial charge in [0.05, 0.1) is 4.92 Å². The first-order valence-corrected chi connectivity index (χ1v) is 7.75. The number of rotatable bonds is 7. The molecule has 0 fully saturated rings. The summed E-state index contributed by atoms with van der Waals surface area (Å²) < 4.78 is 15.4. The first-order chi connectivity index (χ1) is 11.8. The summed E-state index contributed by atoms with van der Waals surface area (Å²) >= 11 is 11.9. The molecule has 0 aliphatic carbocycles. The van der Waals surface area contributed by atoms with E-state index < -0.39 is 16.6 Å². The number of hydrogen-bond donors (Lipinski definition) is 1. The number of hydrogen-bond acceptors (Lipinski definition) is 6. The Kier molecular flexibility index (Phi) is 6.21. The van der Waals surface area contributed by atoms with Crippen LogP contribution in [0.2, 0.25) is 10.0 Å². The molecule has 0 aromatic heterocycles. The molecule has 0 aliphatic heterocycles.